The lowest BCUT2D eigenvalue weighted by atomic mass is 10.1. The standard InChI is InChI=1S/C19H16FN5O2S/c1-21-16-9-8-14(10-22-16)25-11-15(26)17(19(27)24(25)2)18(28-3)23-13-6-4-12(20)5-7-13/h4-10,26H,11H2,2-3H3. The summed E-state index contributed by atoms with van der Waals surface area (Å²) in [5.74, 6) is -0.708. The molecule has 1 N–H and O–H groups in total. The predicted molar refractivity (Wildman–Crippen MR) is 107 cm³/mol. The Bertz CT molecular complexity index is 996. The number of hydrogen-bond donors (Lipinski definition) is 1. The molecule has 7 nitrogen and oxygen atoms in total. The monoisotopic (exact) mass is 397 g/mol. The van der Waals surface area contributed by atoms with Crippen LogP contribution in [0.15, 0.2) is 58.9 Å². The number of hydrazine groups is 1. The molecule has 0 fully saturated rings. The molecule has 0 radical (unpaired) electrons. The number of benzene rings is 1. The molecule has 28 heavy (non-hydrogen) atoms. The van der Waals surface area contributed by atoms with Gasteiger partial charge in [-0.25, -0.2) is 9.38 Å². The number of aromatic nitrogens is 1. The molecule has 1 aromatic carbocycles. The molecule has 2 aromatic rings. The van der Waals surface area contributed by atoms with Crippen LogP contribution in [0.5, 0.6) is 0 Å². The number of aliphatic hydroxyl groups is 1. The fourth-order valence-corrected chi connectivity index (χ4v) is 3.24. The number of thioether (sulfide) groups is 1. The number of hydrogen-bond acceptors (Lipinski definition) is 6. The Balaban J connectivity index is 1.96. The van der Waals surface area contributed by atoms with Gasteiger partial charge in [0.25, 0.3) is 11.7 Å². The van der Waals surface area contributed by atoms with E-state index in [2.05, 4.69) is 14.8 Å². The maximum atomic E-state index is 13.1. The summed E-state index contributed by atoms with van der Waals surface area (Å²) in [4.78, 5) is 24.5. The molecule has 0 bridgehead atoms. The first kappa shape index (κ1) is 19.4. The van der Waals surface area contributed by atoms with Gasteiger partial charge >= 0.3 is 0 Å². The Morgan fingerprint density at radius 1 is 1.32 bits per heavy atom. The molecule has 9 heteroatoms. The minimum atomic E-state index is -0.437. The Kier molecular flexibility index (Phi) is 5.61. The summed E-state index contributed by atoms with van der Waals surface area (Å²) in [7, 11) is 1.58. The second-order valence-corrected chi connectivity index (χ2v) is 6.59. The van der Waals surface area contributed by atoms with E-state index in [-0.39, 0.29) is 29.5 Å². The topological polar surface area (TPSA) is 73.4 Å². The van der Waals surface area contributed by atoms with E-state index in [9.17, 15) is 14.3 Å². The van der Waals surface area contributed by atoms with Crippen molar-refractivity contribution >= 4 is 39.9 Å². The van der Waals surface area contributed by atoms with E-state index in [1.807, 2.05) is 0 Å². The molecule has 0 spiro atoms. The van der Waals surface area contributed by atoms with Crippen molar-refractivity contribution in [3.63, 3.8) is 0 Å². The zero-order valence-electron chi connectivity index (χ0n) is 15.1. The van der Waals surface area contributed by atoms with E-state index >= 15 is 0 Å². The van der Waals surface area contributed by atoms with E-state index in [0.29, 0.717) is 16.4 Å². The summed E-state index contributed by atoms with van der Waals surface area (Å²) in [5, 5.41) is 13.8. The van der Waals surface area contributed by atoms with E-state index in [1.54, 1.807) is 30.4 Å². The van der Waals surface area contributed by atoms with Crippen LogP contribution < -0.4 is 5.01 Å². The number of nitrogens with zero attached hydrogens (tertiary/aromatic N) is 5. The normalized spacial score (nSPS) is 15.1. The molecule has 0 atom stereocenters. The average Bonchev–Trinajstić information content (AvgIpc) is 2.71. The minimum Gasteiger partial charge on any atom is -0.509 e. The van der Waals surface area contributed by atoms with Crippen LogP contribution in [0.4, 0.5) is 21.6 Å². The van der Waals surface area contributed by atoms with Gasteiger partial charge in [-0.15, -0.1) is 16.7 Å². The van der Waals surface area contributed by atoms with E-state index in [1.165, 1.54) is 47.2 Å². The number of anilines is 1. The van der Waals surface area contributed by atoms with Crippen LogP contribution in [0.1, 0.15) is 0 Å². The van der Waals surface area contributed by atoms with Crippen LogP contribution in [-0.2, 0) is 4.79 Å². The SMILES string of the molecule is [C-]#[N+]c1ccc(N2CC(O)=C(C(=Nc3ccc(F)cc3)SC)C(=O)N2C)cn1. The highest BCUT2D eigenvalue weighted by Gasteiger charge is 2.34. The highest BCUT2D eigenvalue weighted by atomic mass is 32.2. The maximum Gasteiger partial charge on any atom is 0.278 e. The van der Waals surface area contributed by atoms with Gasteiger partial charge in [0.1, 0.15) is 28.4 Å². The maximum absolute atomic E-state index is 13.1. The summed E-state index contributed by atoms with van der Waals surface area (Å²) < 4.78 is 13.1. The highest BCUT2D eigenvalue weighted by Crippen LogP contribution is 2.28. The quantitative estimate of drug-likeness (QED) is 0.484. The molecule has 0 saturated carbocycles. The smallest absolute Gasteiger partial charge is 0.278 e. The van der Waals surface area contributed by atoms with Gasteiger partial charge in [0.05, 0.1) is 17.9 Å². The second kappa shape index (κ2) is 8.10. The Morgan fingerprint density at radius 3 is 2.61 bits per heavy atom. The lowest BCUT2D eigenvalue weighted by Gasteiger charge is -2.37. The second-order valence-electron chi connectivity index (χ2n) is 5.79. The molecule has 1 aliphatic heterocycles. The van der Waals surface area contributed by atoms with Crippen LogP contribution in [0.3, 0.4) is 0 Å². The summed E-state index contributed by atoms with van der Waals surface area (Å²) >= 11 is 1.21. The van der Waals surface area contributed by atoms with Gasteiger partial charge in [-0.3, -0.25) is 14.8 Å². The lowest BCUT2D eigenvalue weighted by Crippen LogP contribution is -2.50. The van der Waals surface area contributed by atoms with Crippen molar-refractivity contribution in [1.29, 1.82) is 0 Å². The molecule has 2 heterocycles. The number of amides is 1. The summed E-state index contributed by atoms with van der Waals surface area (Å²) in [5.41, 5.74) is 1.14. The average molecular weight is 397 g/mol. The first-order valence-electron chi connectivity index (χ1n) is 8.14. The molecule has 1 aliphatic rings. The first-order chi connectivity index (χ1) is 13.4. The fraction of sp³-hybridized carbons (Fsp3) is 0.158. The third-order valence-electron chi connectivity index (χ3n) is 4.07. The van der Waals surface area contributed by atoms with Crippen LogP contribution in [0, 0.1) is 12.4 Å². The van der Waals surface area contributed by atoms with Crippen molar-refractivity contribution in [2.75, 3.05) is 24.9 Å². The van der Waals surface area contributed by atoms with Gasteiger partial charge in [0, 0.05) is 7.05 Å². The van der Waals surface area contributed by atoms with Gasteiger partial charge < -0.3 is 9.95 Å². The number of carbonyl (C=O) groups excluding carboxylic acids is 1. The highest BCUT2D eigenvalue weighted by molar-refractivity contribution is 8.14. The van der Waals surface area contributed by atoms with Crippen molar-refractivity contribution in [1.82, 2.24) is 9.99 Å². The van der Waals surface area contributed by atoms with E-state index < -0.39 is 5.91 Å². The largest absolute Gasteiger partial charge is 0.509 e. The number of rotatable bonds is 3. The molecular formula is C19H16FN5O2S. The number of likely N-dealkylation sites (N-methyl/N-ethyl adjacent to an activating group) is 1. The number of carbonyl (C=O) groups is 1. The summed E-state index contributed by atoms with van der Waals surface area (Å²) in [6, 6.07) is 8.75. The molecule has 142 valence electrons. The molecule has 0 aliphatic carbocycles. The molecular weight excluding hydrogens is 381 g/mol. The summed E-state index contributed by atoms with van der Waals surface area (Å²) in [6.07, 6.45) is 3.22. The molecule has 1 amide bonds. The third kappa shape index (κ3) is 3.82. The number of halogens is 1. The molecule has 1 aromatic heterocycles. The van der Waals surface area contributed by atoms with Gasteiger partial charge in [0.2, 0.25) is 0 Å². The number of aliphatic hydroxyl groups excluding tert-OH is 1. The zero-order chi connectivity index (χ0) is 20.3. The molecule has 0 unspecified atom stereocenters. The Hall–Kier alpha value is -3.38. The van der Waals surface area contributed by atoms with E-state index in [0.717, 1.165) is 0 Å². The number of pyridine rings is 1. The number of aliphatic imine (C=N–C) groups is 1. The van der Waals surface area contributed by atoms with Crippen molar-refractivity contribution in [3.8, 4) is 0 Å². The van der Waals surface area contributed by atoms with Crippen molar-refractivity contribution in [3.05, 3.63) is 71.2 Å². The third-order valence-corrected chi connectivity index (χ3v) is 4.75. The summed E-state index contributed by atoms with van der Waals surface area (Å²) in [6.45, 7) is 7.00. The minimum absolute atomic E-state index is 0.0413. The van der Waals surface area contributed by atoms with Gasteiger partial charge in [0.15, 0.2) is 0 Å². The Morgan fingerprint density at radius 2 is 2.04 bits per heavy atom. The first-order valence-corrected chi connectivity index (χ1v) is 9.36. The van der Waals surface area contributed by atoms with Crippen LogP contribution >= 0.6 is 11.8 Å². The van der Waals surface area contributed by atoms with E-state index in [4.69, 9.17) is 6.57 Å². The Labute approximate surface area is 165 Å². The predicted octanol–water partition coefficient (Wildman–Crippen LogP) is 3.87. The fourth-order valence-electron chi connectivity index (χ4n) is 2.63. The van der Waals surface area contributed by atoms with Gasteiger partial charge in [-0.1, -0.05) is 6.57 Å². The van der Waals surface area contributed by atoms with Gasteiger partial charge in [-0.2, -0.15) is 0 Å². The lowest BCUT2D eigenvalue weighted by molar-refractivity contribution is -0.126. The molecule has 0 saturated heterocycles. The van der Waals surface area contributed by atoms with Gasteiger partial charge in [-0.05, 0) is 42.7 Å². The van der Waals surface area contributed by atoms with Crippen molar-refractivity contribution in [2.24, 2.45) is 4.99 Å². The van der Waals surface area contributed by atoms with Crippen LogP contribution in [-0.4, -0.2) is 45.9 Å². The van der Waals surface area contributed by atoms with Crippen molar-refractivity contribution < 1.29 is 14.3 Å². The van der Waals surface area contributed by atoms with Crippen LogP contribution in [0.25, 0.3) is 4.85 Å². The van der Waals surface area contributed by atoms with Crippen molar-refractivity contribution in [2.45, 2.75) is 0 Å². The molecule has 3 rings (SSSR count). The van der Waals surface area contributed by atoms with Crippen LogP contribution in [0.2, 0.25) is 0 Å². The zero-order valence-corrected chi connectivity index (χ0v) is 15.9.